The van der Waals surface area contributed by atoms with Crippen molar-refractivity contribution in [2.75, 3.05) is 13.1 Å². The molecular formula is C20H27N3O2S. The SMILES string of the molecule is Cc1nccn1CC1CCN(S(=O)(=O)c2ccc3c(c2)CCCC3)CC1. The van der Waals surface area contributed by atoms with Gasteiger partial charge in [-0.2, -0.15) is 4.31 Å². The molecule has 1 aromatic heterocycles. The molecular weight excluding hydrogens is 346 g/mol. The van der Waals surface area contributed by atoms with Gasteiger partial charge in [-0.15, -0.1) is 0 Å². The van der Waals surface area contributed by atoms with Crippen LogP contribution in [0.15, 0.2) is 35.5 Å². The molecule has 26 heavy (non-hydrogen) atoms. The number of sulfonamides is 1. The Kier molecular flexibility index (Phi) is 4.88. The van der Waals surface area contributed by atoms with Gasteiger partial charge in [0.25, 0.3) is 0 Å². The summed E-state index contributed by atoms with van der Waals surface area (Å²) in [6, 6.07) is 5.75. The van der Waals surface area contributed by atoms with Crippen molar-refractivity contribution in [2.24, 2.45) is 5.92 Å². The summed E-state index contributed by atoms with van der Waals surface area (Å²) in [7, 11) is -3.37. The first kappa shape index (κ1) is 17.7. The number of aryl methyl sites for hydroxylation is 3. The van der Waals surface area contributed by atoms with E-state index in [0.29, 0.717) is 23.9 Å². The summed E-state index contributed by atoms with van der Waals surface area (Å²) >= 11 is 0. The lowest BCUT2D eigenvalue weighted by Gasteiger charge is -2.31. The quantitative estimate of drug-likeness (QED) is 0.827. The Bertz CT molecular complexity index is 880. The van der Waals surface area contributed by atoms with Crippen LogP contribution in [-0.4, -0.2) is 35.4 Å². The molecule has 4 rings (SSSR count). The van der Waals surface area contributed by atoms with Crippen LogP contribution in [0.5, 0.6) is 0 Å². The Morgan fingerprint density at radius 2 is 1.85 bits per heavy atom. The molecule has 0 spiro atoms. The number of benzene rings is 1. The third-order valence-corrected chi connectivity index (χ3v) is 7.80. The van der Waals surface area contributed by atoms with Crippen LogP contribution in [0.2, 0.25) is 0 Å². The van der Waals surface area contributed by atoms with E-state index in [1.54, 1.807) is 10.4 Å². The average molecular weight is 374 g/mol. The normalized spacial score (nSPS) is 19.4. The number of aromatic nitrogens is 2. The lowest BCUT2D eigenvalue weighted by molar-refractivity contribution is 0.252. The van der Waals surface area contributed by atoms with Crippen LogP contribution in [-0.2, 0) is 29.4 Å². The van der Waals surface area contributed by atoms with Crippen molar-refractivity contribution in [3.63, 3.8) is 0 Å². The lowest BCUT2D eigenvalue weighted by Crippen LogP contribution is -2.39. The van der Waals surface area contributed by atoms with Gasteiger partial charge in [-0.1, -0.05) is 6.07 Å². The standard InChI is InChI=1S/C20H27N3O2S/c1-16-21-10-13-22(16)15-17-8-11-23(12-9-17)26(24,25)20-7-6-18-4-2-3-5-19(18)14-20/h6-7,10,13-14,17H,2-5,8-9,11-12,15H2,1H3. The molecule has 0 saturated carbocycles. The highest BCUT2D eigenvalue weighted by molar-refractivity contribution is 7.89. The molecule has 0 unspecified atom stereocenters. The molecule has 1 aliphatic carbocycles. The van der Waals surface area contributed by atoms with E-state index < -0.39 is 10.0 Å². The van der Waals surface area contributed by atoms with Crippen molar-refractivity contribution in [2.45, 2.75) is 56.9 Å². The topological polar surface area (TPSA) is 55.2 Å². The van der Waals surface area contributed by atoms with Gasteiger partial charge in [0.15, 0.2) is 0 Å². The lowest BCUT2D eigenvalue weighted by atomic mass is 9.92. The second-order valence-corrected chi connectivity index (χ2v) is 9.55. The van der Waals surface area contributed by atoms with Gasteiger partial charge in [-0.05, 0) is 74.6 Å². The van der Waals surface area contributed by atoms with Gasteiger partial charge in [-0.3, -0.25) is 0 Å². The number of imidazole rings is 1. The first-order chi connectivity index (χ1) is 12.5. The Balaban J connectivity index is 1.44. The summed E-state index contributed by atoms with van der Waals surface area (Å²) in [5.74, 6) is 1.53. The molecule has 1 fully saturated rings. The van der Waals surface area contributed by atoms with E-state index in [2.05, 4.69) is 9.55 Å². The molecule has 0 bridgehead atoms. The fourth-order valence-electron chi connectivity index (χ4n) is 4.23. The van der Waals surface area contributed by atoms with Crippen LogP contribution in [0.25, 0.3) is 0 Å². The summed E-state index contributed by atoms with van der Waals surface area (Å²) < 4.78 is 30.0. The molecule has 6 heteroatoms. The van der Waals surface area contributed by atoms with E-state index in [1.165, 1.54) is 17.5 Å². The fraction of sp³-hybridized carbons (Fsp3) is 0.550. The maximum Gasteiger partial charge on any atom is 0.243 e. The summed E-state index contributed by atoms with van der Waals surface area (Å²) in [4.78, 5) is 4.74. The van der Waals surface area contributed by atoms with Crippen LogP contribution in [0.3, 0.4) is 0 Å². The monoisotopic (exact) mass is 373 g/mol. The molecule has 0 amide bonds. The maximum absolute atomic E-state index is 13.1. The molecule has 2 aliphatic rings. The van der Waals surface area contributed by atoms with Gasteiger partial charge in [0.2, 0.25) is 10.0 Å². The molecule has 1 saturated heterocycles. The Labute approximate surface area is 156 Å². The smallest absolute Gasteiger partial charge is 0.243 e. The summed E-state index contributed by atoms with van der Waals surface area (Å²) in [6.07, 6.45) is 10.1. The number of piperidine rings is 1. The minimum atomic E-state index is -3.37. The predicted octanol–water partition coefficient (Wildman–Crippen LogP) is 3.17. The Morgan fingerprint density at radius 3 is 2.54 bits per heavy atom. The number of fused-ring (bicyclic) bond motifs is 1. The van der Waals surface area contributed by atoms with Crippen LogP contribution < -0.4 is 0 Å². The van der Waals surface area contributed by atoms with Crippen molar-refractivity contribution in [1.82, 2.24) is 13.9 Å². The van der Waals surface area contributed by atoms with Gasteiger partial charge in [-0.25, -0.2) is 13.4 Å². The van der Waals surface area contributed by atoms with Crippen molar-refractivity contribution in [1.29, 1.82) is 0 Å². The molecule has 140 valence electrons. The Hall–Kier alpha value is -1.66. The molecule has 1 aromatic carbocycles. The third kappa shape index (κ3) is 3.45. The number of hydrogen-bond acceptors (Lipinski definition) is 3. The first-order valence-electron chi connectivity index (χ1n) is 9.64. The summed E-state index contributed by atoms with van der Waals surface area (Å²) in [5, 5.41) is 0. The van der Waals surface area contributed by atoms with E-state index >= 15 is 0 Å². The van der Waals surface area contributed by atoms with Gasteiger partial charge < -0.3 is 4.57 Å². The molecule has 1 aliphatic heterocycles. The van der Waals surface area contributed by atoms with Gasteiger partial charge in [0, 0.05) is 32.0 Å². The Morgan fingerprint density at radius 1 is 1.12 bits per heavy atom. The first-order valence-corrected chi connectivity index (χ1v) is 11.1. The molecule has 0 atom stereocenters. The molecule has 5 nitrogen and oxygen atoms in total. The highest BCUT2D eigenvalue weighted by atomic mass is 32.2. The zero-order valence-electron chi connectivity index (χ0n) is 15.4. The van der Waals surface area contributed by atoms with Gasteiger partial charge >= 0.3 is 0 Å². The van der Waals surface area contributed by atoms with Gasteiger partial charge in [0.05, 0.1) is 4.90 Å². The van der Waals surface area contributed by atoms with Crippen molar-refractivity contribution < 1.29 is 8.42 Å². The van der Waals surface area contributed by atoms with Crippen molar-refractivity contribution in [3.05, 3.63) is 47.5 Å². The minimum absolute atomic E-state index is 0.474. The molecule has 0 radical (unpaired) electrons. The third-order valence-electron chi connectivity index (χ3n) is 5.91. The number of hydrogen-bond donors (Lipinski definition) is 0. The van der Waals surface area contributed by atoms with Gasteiger partial charge in [0.1, 0.15) is 5.82 Å². The van der Waals surface area contributed by atoms with E-state index in [1.807, 2.05) is 31.5 Å². The largest absolute Gasteiger partial charge is 0.335 e. The second-order valence-electron chi connectivity index (χ2n) is 7.61. The highest BCUT2D eigenvalue weighted by Crippen LogP contribution is 2.28. The van der Waals surface area contributed by atoms with E-state index in [9.17, 15) is 8.42 Å². The molecule has 2 heterocycles. The predicted molar refractivity (Wildman–Crippen MR) is 102 cm³/mol. The zero-order valence-corrected chi connectivity index (χ0v) is 16.2. The van der Waals surface area contributed by atoms with Crippen molar-refractivity contribution >= 4 is 10.0 Å². The second kappa shape index (κ2) is 7.16. The maximum atomic E-state index is 13.1. The van der Waals surface area contributed by atoms with E-state index in [0.717, 1.165) is 44.5 Å². The van der Waals surface area contributed by atoms with E-state index in [-0.39, 0.29) is 0 Å². The molecule has 0 N–H and O–H groups in total. The van der Waals surface area contributed by atoms with Crippen LogP contribution in [0, 0.1) is 12.8 Å². The fourth-order valence-corrected chi connectivity index (χ4v) is 5.75. The summed E-state index contributed by atoms with van der Waals surface area (Å²) in [5.41, 5.74) is 2.55. The molecule has 2 aromatic rings. The van der Waals surface area contributed by atoms with Crippen LogP contribution in [0.1, 0.15) is 42.6 Å². The van der Waals surface area contributed by atoms with Crippen molar-refractivity contribution in [3.8, 4) is 0 Å². The van der Waals surface area contributed by atoms with E-state index in [4.69, 9.17) is 0 Å². The number of nitrogens with zero attached hydrogens (tertiary/aromatic N) is 3. The average Bonchev–Trinajstić information content (AvgIpc) is 3.06. The minimum Gasteiger partial charge on any atom is -0.335 e. The summed E-state index contributed by atoms with van der Waals surface area (Å²) in [6.45, 7) is 4.16. The van der Waals surface area contributed by atoms with Crippen LogP contribution >= 0.6 is 0 Å². The number of rotatable bonds is 4. The highest BCUT2D eigenvalue weighted by Gasteiger charge is 2.30. The zero-order chi connectivity index (χ0) is 18.1. The van der Waals surface area contributed by atoms with Crippen LogP contribution in [0.4, 0.5) is 0 Å².